The largest absolute Gasteiger partial charge is 0.490 e. The maximum atomic E-state index is 16.3. The third kappa shape index (κ3) is 15.0. The van der Waals surface area contributed by atoms with E-state index >= 15 is 19.2 Å². The molecule has 0 saturated carbocycles. The first-order chi connectivity index (χ1) is 48.1. The van der Waals surface area contributed by atoms with Gasteiger partial charge in [-0.15, -0.1) is 0 Å². The van der Waals surface area contributed by atoms with E-state index in [1.165, 1.54) is 77.0 Å². The third-order valence-electron chi connectivity index (χ3n) is 22.3. The number of unbranched alkanes of at least 4 members (excludes halogenated alkanes) is 26. The van der Waals surface area contributed by atoms with E-state index in [9.17, 15) is 0 Å². The molecule has 0 spiro atoms. The van der Waals surface area contributed by atoms with E-state index in [4.69, 9.17) is 18.9 Å². The van der Waals surface area contributed by atoms with Gasteiger partial charge in [0.25, 0.3) is 22.2 Å². The summed E-state index contributed by atoms with van der Waals surface area (Å²) in [6.07, 6.45) is 40.1. The smallest absolute Gasteiger partial charge is 0.261 e. The van der Waals surface area contributed by atoms with Gasteiger partial charge in [-0.1, -0.05) is 248 Å². The van der Waals surface area contributed by atoms with Crippen molar-refractivity contribution in [2.45, 2.75) is 311 Å². The molecular formula is C88H118N2O8. The van der Waals surface area contributed by atoms with Crippen LogP contribution >= 0.6 is 0 Å². The lowest BCUT2D eigenvalue weighted by molar-refractivity contribution is 0.260. The summed E-state index contributed by atoms with van der Waals surface area (Å²) in [6, 6.07) is 16.5. The molecule has 98 heavy (non-hydrogen) atoms. The minimum absolute atomic E-state index is 0.238. The topological polar surface area (TPSA) is 115 Å². The Balaban J connectivity index is 1.27. The van der Waals surface area contributed by atoms with Crippen molar-refractivity contribution in [2.24, 2.45) is 0 Å². The summed E-state index contributed by atoms with van der Waals surface area (Å²) in [5, 5.41) is 16.0. The molecule has 11 rings (SSSR count). The lowest BCUT2D eigenvalue weighted by Gasteiger charge is -2.28. The van der Waals surface area contributed by atoms with Crippen LogP contribution in [0.5, 0.6) is 23.0 Å². The number of pyridine rings is 2. The second-order valence-electron chi connectivity index (χ2n) is 29.6. The molecule has 0 fully saturated rings. The summed E-state index contributed by atoms with van der Waals surface area (Å²) >= 11 is 0. The number of benzene rings is 9. The number of aromatic nitrogens is 2. The molecule has 11 aromatic rings. The Kier molecular flexibility index (Phi) is 26.0. The van der Waals surface area contributed by atoms with Gasteiger partial charge < -0.3 is 18.9 Å². The molecule has 0 aliphatic heterocycles. The van der Waals surface area contributed by atoms with Crippen molar-refractivity contribution in [1.29, 1.82) is 0 Å². The molecule has 2 atom stereocenters. The van der Waals surface area contributed by atoms with E-state index in [0.717, 1.165) is 242 Å². The number of nitrogens with zero attached hydrogens (tertiary/aromatic N) is 2. The first-order valence-corrected chi connectivity index (χ1v) is 40.1. The molecule has 10 nitrogen and oxygen atoms in total. The monoisotopic (exact) mass is 1330 g/mol. The van der Waals surface area contributed by atoms with Gasteiger partial charge in [0.2, 0.25) is 0 Å². The van der Waals surface area contributed by atoms with Crippen molar-refractivity contribution in [2.75, 3.05) is 26.4 Å². The minimum Gasteiger partial charge on any atom is -0.490 e. The summed E-state index contributed by atoms with van der Waals surface area (Å²) in [4.78, 5) is 65.3. The molecule has 528 valence electrons. The minimum atomic E-state index is -0.273. The van der Waals surface area contributed by atoms with Crippen LogP contribution in [0.25, 0.3) is 108 Å². The van der Waals surface area contributed by atoms with E-state index in [2.05, 4.69) is 104 Å². The molecule has 10 heteroatoms. The van der Waals surface area contributed by atoms with Crippen molar-refractivity contribution in [1.82, 2.24) is 9.13 Å². The Morgan fingerprint density at radius 2 is 0.439 bits per heavy atom. The molecular weight excluding hydrogens is 1210 g/mol. The predicted molar refractivity (Wildman–Crippen MR) is 419 cm³/mol. The Morgan fingerprint density at radius 3 is 0.684 bits per heavy atom. The summed E-state index contributed by atoms with van der Waals surface area (Å²) in [6.45, 7) is 19.8. The standard InChI is InChI=1S/C88H118N2O8/c1-9-17-25-27-29-31-33-35-37-45-59(43-23-15-7)89-85(91)69-51-65-61-55-73(95-47-39-19-11-3)75(97-49-41-21-13-5)57-63(61)67-53-71-78-72(88(94)90(87(71)93)60(44-24-16-8)46-38-36-34-32-30-28-26-18-10-2)54-68-64-58-76(98-50-42-22-14-6)74(96-48-40-20-12-4)56-62(64)66-52-70(86(89)92)77(69)83-79(65)81(67)84(78)82(68)80(66)83/h51-60H,9-50H2,1-8H3. The highest BCUT2D eigenvalue weighted by atomic mass is 16.5. The Bertz CT molecular complexity index is 4060. The van der Waals surface area contributed by atoms with Crippen LogP contribution in [-0.2, 0) is 0 Å². The van der Waals surface area contributed by atoms with Crippen LogP contribution in [0.1, 0.15) is 311 Å². The van der Waals surface area contributed by atoms with Gasteiger partial charge in [0, 0.05) is 55.2 Å². The summed E-state index contributed by atoms with van der Waals surface area (Å²) < 4.78 is 30.9. The molecule has 2 aromatic heterocycles. The predicted octanol–water partition coefficient (Wildman–Crippen LogP) is 25.0. The van der Waals surface area contributed by atoms with Crippen molar-refractivity contribution in [3.8, 4) is 23.0 Å². The van der Waals surface area contributed by atoms with Gasteiger partial charge in [0.05, 0.1) is 26.4 Å². The number of fused-ring (bicyclic) bond motifs is 6. The van der Waals surface area contributed by atoms with Crippen molar-refractivity contribution < 1.29 is 18.9 Å². The quantitative estimate of drug-likeness (QED) is 0.0210. The van der Waals surface area contributed by atoms with Gasteiger partial charge in [-0.2, -0.15) is 0 Å². The maximum Gasteiger partial charge on any atom is 0.261 e. The fourth-order valence-electron chi connectivity index (χ4n) is 16.9. The first kappa shape index (κ1) is 72.6. The highest BCUT2D eigenvalue weighted by Gasteiger charge is 2.33. The highest BCUT2D eigenvalue weighted by Crippen LogP contribution is 2.57. The zero-order valence-corrected chi connectivity index (χ0v) is 61.6. The Labute approximate surface area is 583 Å². The molecule has 0 aliphatic carbocycles. The van der Waals surface area contributed by atoms with Crippen LogP contribution in [0.3, 0.4) is 0 Å². The van der Waals surface area contributed by atoms with Crippen molar-refractivity contribution in [3.05, 3.63) is 89.9 Å². The van der Waals surface area contributed by atoms with E-state index in [-0.39, 0.29) is 34.3 Å². The van der Waals surface area contributed by atoms with Crippen LogP contribution in [-0.4, -0.2) is 35.6 Å². The second kappa shape index (κ2) is 35.1. The molecule has 0 aliphatic rings. The normalized spacial score (nSPS) is 13.1. The molecule has 0 saturated heterocycles. The van der Waals surface area contributed by atoms with Gasteiger partial charge in [-0.25, -0.2) is 0 Å². The first-order valence-electron chi connectivity index (χ1n) is 40.1. The van der Waals surface area contributed by atoms with Crippen molar-refractivity contribution >= 4 is 108 Å². The highest BCUT2D eigenvalue weighted by molar-refractivity contribution is 6.54. The van der Waals surface area contributed by atoms with Gasteiger partial charge in [0.15, 0.2) is 23.0 Å². The fourth-order valence-corrected chi connectivity index (χ4v) is 16.9. The van der Waals surface area contributed by atoms with Gasteiger partial charge in [-0.05, 0) is 165 Å². The van der Waals surface area contributed by atoms with Gasteiger partial charge >= 0.3 is 0 Å². The summed E-state index contributed by atoms with van der Waals surface area (Å²) in [7, 11) is 0. The number of ether oxygens (including phenoxy) is 4. The Morgan fingerprint density at radius 1 is 0.224 bits per heavy atom. The molecule has 2 heterocycles. The SMILES string of the molecule is CCCCCCCCCCCC(CCCC)n1c(=O)c2cc3c4cc(OCCCCC)c(OCCCCC)cc4c4cc5c(=O)n(C(CCCC)CCCCCCCCCCC)c(=O)c6cc7c8cc(OCCCCC)c(OCCCCC)cc8c8cc(c1=O)c2c1c3c4c(c56)c7c81. The van der Waals surface area contributed by atoms with Gasteiger partial charge in [-0.3, -0.25) is 28.3 Å². The summed E-state index contributed by atoms with van der Waals surface area (Å²) in [5.41, 5.74) is -0.952. The van der Waals surface area contributed by atoms with Crippen LogP contribution in [0.2, 0.25) is 0 Å². The third-order valence-corrected chi connectivity index (χ3v) is 22.3. The lowest BCUT2D eigenvalue weighted by atomic mass is 9.77. The van der Waals surface area contributed by atoms with Crippen molar-refractivity contribution in [3.63, 3.8) is 0 Å². The maximum absolute atomic E-state index is 16.3. The lowest BCUT2D eigenvalue weighted by Crippen LogP contribution is -2.37. The molecule has 9 aromatic carbocycles. The van der Waals surface area contributed by atoms with E-state index in [1.807, 2.05) is 0 Å². The van der Waals surface area contributed by atoms with Gasteiger partial charge in [0.1, 0.15) is 0 Å². The number of hydrogen-bond acceptors (Lipinski definition) is 8. The van der Waals surface area contributed by atoms with E-state index in [0.29, 0.717) is 81.7 Å². The van der Waals surface area contributed by atoms with Crippen LogP contribution in [0.15, 0.2) is 67.7 Å². The van der Waals surface area contributed by atoms with Crippen LogP contribution in [0, 0.1) is 0 Å². The molecule has 0 bridgehead atoms. The zero-order chi connectivity index (χ0) is 68.7. The number of hydrogen-bond donors (Lipinski definition) is 0. The molecule has 0 radical (unpaired) electrons. The van der Waals surface area contributed by atoms with E-state index < -0.39 is 0 Å². The number of rotatable bonds is 48. The van der Waals surface area contributed by atoms with E-state index in [1.54, 1.807) is 9.13 Å². The van der Waals surface area contributed by atoms with Crippen LogP contribution in [0.4, 0.5) is 0 Å². The summed E-state index contributed by atoms with van der Waals surface area (Å²) in [5.74, 6) is 2.61. The second-order valence-corrected chi connectivity index (χ2v) is 29.6. The zero-order valence-electron chi connectivity index (χ0n) is 61.6. The Hall–Kier alpha value is -6.68. The molecule has 0 amide bonds. The average molecular weight is 1330 g/mol. The fraction of sp³-hybridized carbons (Fsp3) is 0.591. The molecule has 0 N–H and O–H groups in total. The van der Waals surface area contributed by atoms with Crippen LogP contribution < -0.4 is 41.2 Å². The average Bonchev–Trinajstić information content (AvgIpc) is 0.655. The molecule has 2 unspecified atom stereocenters.